The summed E-state index contributed by atoms with van der Waals surface area (Å²) in [6.45, 7) is 7.64. The number of nitrogens with zero attached hydrogens (tertiary/aromatic N) is 2. The molecule has 6 heteroatoms. The number of amides is 1. The molecule has 0 aliphatic carbocycles. The normalized spacial score (nSPS) is 22.1. The molecule has 3 rings (SSSR count). The summed E-state index contributed by atoms with van der Waals surface area (Å²) in [5.74, 6) is 0.150. The van der Waals surface area contributed by atoms with Crippen LogP contribution in [-0.2, 0) is 4.74 Å². The Bertz CT molecular complexity index is 499. The van der Waals surface area contributed by atoms with Crippen molar-refractivity contribution in [1.29, 1.82) is 0 Å². The van der Waals surface area contributed by atoms with Crippen LogP contribution in [0.15, 0.2) is 12.1 Å². The van der Waals surface area contributed by atoms with Crippen molar-refractivity contribution in [3.63, 3.8) is 0 Å². The molecule has 0 unspecified atom stereocenters. The molecule has 0 radical (unpaired) electrons. The van der Waals surface area contributed by atoms with Crippen molar-refractivity contribution in [3.8, 4) is 0 Å². The van der Waals surface area contributed by atoms with Gasteiger partial charge in [0.25, 0.3) is 5.91 Å². The Labute approximate surface area is 129 Å². The lowest BCUT2D eigenvalue weighted by Crippen LogP contribution is -2.57. The van der Waals surface area contributed by atoms with E-state index in [0.29, 0.717) is 13.2 Å². The number of thiophene rings is 1. The number of carbonyl (C=O) groups excluding carboxylic acids is 1. The highest BCUT2D eigenvalue weighted by molar-refractivity contribution is 7.13. The van der Waals surface area contributed by atoms with Gasteiger partial charge in [0, 0.05) is 37.6 Å². The number of carbonyl (C=O) groups is 1. The predicted octanol–water partition coefficient (Wildman–Crippen LogP) is 0.823. The van der Waals surface area contributed by atoms with E-state index in [1.165, 1.54) is 4.88 Å². The Hall–Kier alpha value is -0.950. The number of rotatable bonds is 4. The Balaban J connectivity index is 1.52. The van der Waals surface area contributed by atoms with Gasteiger partial charge in [0.05, 0.1) is 30.1 Å². The van der Waals surface area contributed by atoms with Crippen LogP contribution in [0.25, 0.3) is 0 Å². The lowest BCUT2D eigenvalue weighted by molar-refractivity contribution is -0.150. The van der Waals surface area contributed by atoms with Gasteiger partial charge < -0.3 is 14.7 Å². The standard InChI is InChI=1S/C15H22N2O3S/c1-12-2-3-13(21-12)14(19)17-6-4-16(5-7-17)8-15(9-18)10-20-11-15/h2-3,18H,4-11H2,1H3. The van der Waals surface area contributed by atoms with Gasteiger partial charge >= 0.3 is 0 Å². The van der Waals surface area contributed by atoms with E-state index in [1.54, 1.807) is 11.3 Å². The molecule has 0 atom stereocenters. The van der Waals surface area contributed by atoms with E-state index in [0.717, 1.165) is 37.6 Å². The number of piperazine rings is 1. The smallest absolute Gasteiger partial charge is 0.264 e. The zero-order valence-electron chi connectivity index (χ0n) is 12.4. The first-order valence-corrected chi connectivity index (χ1v) is 8.20. The highest BCUT2D eigenvalue weighted by Gasteiger charge is 2.40. The van der Waals surface area contributed by atoms with Gasteiger partial charge in [0.15, 0.2) is 0 Å². The monoisotopic (exact) mass is 310 g/mol. The zero-order valence-corrected chi connectivity index (χ0v) is 13.2. The Morgan fingerprint density at radius 2 is 2.05 bits per heavy atom. The van der Waals surface area contributed by atoms with Crippen LogP contribution < -0.4 is 0 Å². The molecule has 0 aromatic carbocycles. The van der Waals surface area contributed by atoms with Crippen LogP contribution >= 0.6 is 11.3 Å². The summed E-state index contributed by atoms with van der Waals surface area (Å²) >= 11 is 1.56. The molecule has 2 aliphatic rings. The van der Waals surface area contributed by atoms with Crippen LogP contribution in [0.3, 0.4) is 0 Å². The van der Waals surface area contributed by atoms with E-state index < -0.39 is 0 Å². The number of aliphatic hydroxyl groups is 1. The molecule has 1 aromatic rings. The van der Waals surface area contributed by atoms with Crippen molar-refractivity contribution in [1.82, 2.24) is 9.80 Å². The second kappa shape index (κ2) is 6.04. The third kappa shape index (κ3) is 3.13. The maximum absolute atomic E-state index is 12.4. The summed E-state index contributed by atoms with van der Waals surface area (Å²) in [6.07, 6.45) is 0. The van der Waals surface area contributed by atoms with Gasteiger partial charge in [-0.25, -0.2) is 0 Å². The van der Waals surface area contributed by atoms with Crippen LogP contribution in [0.2, 0.25) is 0 Å². The largest absolute Gasteiger partial charge is 0.396 e. The minimum atomic E-state index is -0.0724. The van der Waals surface area contributed by atoms with Crippen molar-refractivity contribution >= 4 is 17.2 Å². The number of ether oxygens (including phenoxy) is 1. The topological polar surface area (TPSA) is 53.0 Å². The summed E-state index contributed by atoms with van der Waals surface area (Å²) in [6, 6.07) is 3.91. The quantitative estimate of drug-likeness (QED) is 0.895. The summed E-state index contributed by atoms with van der Waals surface area (Å²) in [5, 5.41) is 9.49. The van der Waals surface area contributed by atoms with Crippen LogP contribution in [-0.4, -0.2) is 73.4 Å². The molecule has 1 aromatic heterocycles. The molecule has 2 fully saturated rings. The number of hydrogen-bond acceptors (Lipinski definition) is 5. The summed E-state index contributed by atoms with van der Waals surface area (Å²) in [5.41, 5.74) is -0.0724. The molecule has 2 saturated heterocycles. The highest BCUT2D eigenvalue weighted by Crippen LogP contribution is 2.28. The van der Waals surface area contributed by atoms with Crippen molar-refractivity contribution in [3.05, 3.63) is 21.9 Å². The van der Waals surface area contributed by atoms with Crippen molar-refractivity contribution in [2.45, 2.75) is 6.92 Å². The molecule has 21 heavy (non-hydrogen) atoms. The Kier molecular flexibility index (Phi) is 4.31. The molecular formula is C15H22N2O3S. The van der Waals surface area contributed by atoms with Gasteiger partial charge in [0.2, 0.25) is 0 Å². The molecule has 2 aliphatic heterocycles. The minimum Gasteiger partial charge on any atom is -0.396 e. The van der Waals surface area contributed by atoms with Crippen LogP contribution in [0.1, 0.15) is 14.5 Å². The number of hydrogen-bond donors (Lipinski definition) is 1. The minimum absolute atomic E-state index is 0.0724. The van der Waals surface area contributed by atoms with Gasteiger partial charge in [-0.15, -0.1) is 11.3 Å². The summed E-state index contributed by atoms with van der Waals surface area (Å²) < 4.78 is 5.24. The van der Waals surface area contributed by atoms with Crippen LogP contribution in [0.4, 0.5) is 0 Å². The fourth-order valence-electron chi connectivity index (χ4n) is 2.91. The average Bonchev–Trinajstić information content (AvgIpc) is 2.89. The summed E-state index contributed by atoms with van der Waals surface area (Å²) in [4.78, 5) is 18.7. The molecule has 1 amide bonds. The van der Waals surface area contributed by atoms with Gasteiger partial charge in [-0.05, 0) is 19.1 Å². The Morgan fingerprint density at radius 3 is 2.52 bits per heavy atom. The second-order valence-electron chi connectivity index (χ2n) is 6.13. The molecule has 116 valence electrons. The third-order valence-electron chi connectivity index (χ3n) is 4.32. The SMILES string of the molecule is Cc1ccc(C(=O)N2CCN(CC3(CO)COC3)CC2)s1. The van der Waals surface area contributed by atoms with Gasteiger partial charge in [-0.2, -0.15) is 0 Å². The van der Waals surface area contributed by atoms with E-state index in [1.807, 2.05) is 24.0 Å². The first-order valence-electron chi connectivity index (χ1n) is 7.39. The molecule has 0 spiro atoms. The zero-order chi connectivity index (χ0) is 14.9. The molecule has 1 N–H and O–H groups in total. The van der Waals surface area contributed by atoms with Crippen LogP contribution in [0, 0.1) is 12.3 Å². The lowest BCUT2D eigenvalue weighted by Gasteiger charge is -2.45. The summed E-state index contributed by atoms with van der Waals surface area (Å²) in [7, 11) is 0. The maximum atomic E-state index is 12.4. The molecule has 3 heterocycles. The molecule has 0 bridgehead atoms. The predicted molar refractivity (Wildman–Crippen MR) is 81.7 cm³/mol. The van der Waals surface area contributed by atoms with E-state index in [-0.39, 0.29) is 17.9 Å². The number of aliphatic hydroxyl groups excluding tert-OH is 1. The maximum Gasteiger partial charge on any atom is 0.264 e. The lowest BCUT2D eigenvalue weighted by atomic mass is 9.86. The van der Waals surface area contributed by atoms with E-state index in [4.69, 9.17) is 4.74 Å². The van der Waals surface area contributed by atoms with Crippen molar-refractivity contribution < 1.29 is 14.6 Å². The fraction of sp³-hybridized carbons (Fsp3) is 0.667. The highest BCUT2D eigenvalue weighted by atomic mass is 32.1. The van der Waals surface area contributed by atoms with Crippen molar-refractivity contribution in [2.24, 2.45) is 5.41 Å². The van der Waals surface area contributed by atoms with E-state index in [2.05, 4.69) is 4.90 Å². The average molecular weight is 310 g/mol. The molecular weight excluding hydrogens is 288 g/mol. The molecule has 5 nitrogen and oxygen atoms in total. The van der Waals surface area contributed by atoms with Crippen LogP contribution in [0.5, 0.6) is 0 Å². The number of aryl methyl sites for hydroxylation is 1. The second-order valence-corrected chi connectivity index (χ2v) is 7.42. The van der Waals surface area contributed by atoms with Crippen molar-refractivity contribution in [2.75, 3.05) is 52.5 Å². The van der Waals surface area contributed by atoms with E-state index in [9.17, 15) is 9.90 Å². The fourth-order valence-corrected chi connectivity index (χ4v) is 3.75. The Morgan fingerprint density at radius 1 is 1.33 bits per heavy atom. The van der Waals surface area contributed by atoms with Gasteiger partial charge in [-0.3, -0.25) is 9.69 Å². The van der Waals surface area contributed by atoms with Gasteiger partial charge in [0.1, 0.15) is 0 Å². The molecule has 0 saturated carbocycles. The third-order valence-corrected chi connectivity index (χ3v) is 5.31. The first-order chi connectivity index (χ1) is 10.1. The van der Waals surface area contributed by atoms with E-state index >= 15 is 0 Å². The van der Waals surface area contributed by atoms with Gasteiger partial charge in [-0.1, -0.05) is 0 Å². The first kappa shape index (κ1) is 15.0.